The predicted octanol–water partition coefficient (Wildman–Crippen LogP) is 2.19. The average molecular weight is 348 g/mol. The molecule has 2 aromatic heterocycles. The number of carbonyl (C=O) groups is 1. The van der Waals surface area contributed by atoms with Crippen molar-refractivity contribution in [1.29, 1.82) is 0 Å². The Kier molecular flexibility index (Phi) is 3.69. The second kappa shape index (κ2) is 6.03. The molecule has 0 saturated carbocycles. The van der Waals surface area contributed by atoms with Crippen molar-refractivity contribution in [2.24, 2.45) is 0 Å². The summed E-state index contributed by atoms with van der Waals surface area (Å²) in [6, 6.07) is 13.9. The molecule has 4 rings (SSSR count). The van der Waals surface area contributed by atoms with E-state index in [4.69, 9.17) is 0 Å². The zero-order chi connectivity index (χ0) is 18.3. The van der Waals surface area contributed by atoms with E-state index >= 15 is 0 Å². The van der Waals surface area contributed by atoms with Crippen molar-refractivity contribution in [2.45, 2.75) is 13.0 Å². The molecule has 0 saturated heterocycles. The summed E-state index contributed by atoms with van der Waals surface area (Å²) >= 11 is 0. The minimum atomic E-state index is -0.372. The number of aromatic nitrogens is 3. The molecule has 0 spiro atoms. The van der Waals surface area contributed by atoms with Crippen LogP contribution in [0.15, 0.2) is 58.1 Å². The summed E-state index contributed by atoms with van der Waals surface area (Å²) in [5.41, 5.74) is 1.85. The highest BCUT2D eigenvalue weighted by atomic mass is 16.2. The van der Waals surface area contributed by atoms with Gasteiger partial charge >= 0.3 is 5.69 Å². The number of pyridine rings is 1. The Morgan fingerprint density at radius 2 is 1.73 bits per heavy atom. The van der Waals surface area contributed by atoms with Gasteiger partial charge in [0.15, 0.2) is 0 Å². The number of nitrogens with one attached hydrogen (secondary N) is 4. The number of hydrogen-bond donors (Lipinski definition) is 4. The first-order valence-electron chi connectivity index (χ1n) is 8.16. The topological polar surface area (TPSA) is 111 Å². The quantitative estimate of drug-likeness (QED) is 0.455. The molecule has 0 aliphatic heterocycles. The van der Waals surface area contributed by atoms with Gasteiger partial charge in [-0.25, -0.2) is 4.79 Å². The molecule has 0 unspecified atom stereocenters. The summed E-state index contributed by atoms with van der Waals surface area (Å²) in [6.07, 6.45) is 0. The standard InChI is InChI=1S/C19H16N4O3/c1-10(11-6-7-14-15(8-11)23-19(26)22-14)20-18(25)16-9-12-4-2-3-5-13(12)17(24)21-16/h2-10H,1H3,(H,20,25)(H,21,24)(H2,22,23,26)/t10-/m1/s1. The smallest absolute Gasteiger partial charge is 0.323 e. The molecule has 1 atom stereocenters. The van der Waals surface area contributed by atoms with E-state index in [2.05, 4.69) is 20.3 Å². The Bertz CT molecular complexity index is 1250. The number of carbonyl (C=O) groups excluding carboxylic acids is 1. The van der Waals surface area contributed by atoms with Crippen molar-refractivity contribution in [3.8, 4) is 0 Å². The molecule has 7 nitrogen and oxygen atoms in total. The number of hydrogen-bond acceptors (Lipinski definition) is 3. The Hall–Kier alpha value is -3.61. The Balaban J connectivity index is 1.62. The molecule has 0 radical (unpaired) electrons. The molecule has 0 fully saturated rings. The maximum atomic E-state index is 12.5. The molecule has 1 amide bonds. The van der Waals surface area contributed by atoms with E-state index in [0.717, 1.165) is 5.56 Å². The highest BCUT2D eigenvalue weighted by Gasteiger charge is 2.14. The first kappa shape index (κ1) is 15.9. The zero-order valence-corrected chi connectivity index (χ0v) is 13.9. The largest absolute Gasteiger partial charge is 0.344 e. The van der Waals surface area contributed by atoms with Gasteiger partial charge < -0.3 is 20.3 Å². The summed E-state index contributed by atoms with van der Waals surface area (Å²) in [4.78, 5) is 44.0. The van der Waals surface area contributed by atoms with Crippen LogP contribution < -0.4 is 16.6 Å². The van der Waals surface area contributed by atoms with E-state index in [-0.39, 0.29) is 28.9 Å². The van der Waals surface area contributed by atoms with Crippen molar-refractivity contribution in [3.05, 3.63) is 80.6 Å². The summed E-state index contributed by atoms with van der Waals surface area (Å²) < 4.78 is 0. The lowest BCUT2D eigenvalue weighted by Gasteiger charge is -2.14. The van der Waals surface area contributed by atoms with Crippen molar-refractivity contribution in [1.82, 2.24) is 20.3 Å². The first-order chi connectivity index (χ1) is 12.5. The summed E-state index contributed by atoms with van der Waals surface area (Å²) in [6.45, 7) is 1.84. The lowest BCUT2D eigenvalue weighted by atomic mass is 10.1. The minimum Gasteiger partial charge on any atom is -0.344 e. The molecule has 0 aliphatic carbocycles. The van der Waals surface area contributed by atoms with Crippen LogP contribution in [0.2, 0.25) is 0 Å². The SMILES string of the molecule is C[C@@H](NC(=O)c1cc2ccccc2c(=O)[nH]1)c1ccc2[nH]c(=O)[nH]c2c1. The lowest BCUT2D eigenvalue weighted by Crippen LogP contribution is -2.29. The summed E-state index contributed by atoms with van der Waals surface area (Å²) in [5.74, 6) is -0.372. The Morgan fingerprint density at radius 3 is 2.58 bits per heavy atom. The molecule has 0 bridgehead atoms. The van der Waals surface area contributed by atoms with Crippen LogP contribution in [0.3, 0.4) is 0 Å². The fraction of sp³-hybridized carbons (Fsp3) is 0.105. The van der Waals surface area contributed by atoms with Crippen LogP contribution in [-0.4, -0.2) is 20.9 Å². The molecule has 2 heterocycles. The van der Waals surface area contributed by atoms with E-state index in [0.29, 0.717) is 21.8 Å². The third-order valence-electron chi connectivity index (χ3n) is 4.39. The predicted molar refractivity (Wildman–Crippen MR) is 99.4 cm³/mol. The molecule has 4 N–H and O–H groups in total. The van der Waals surface area contributed by atoms with Crippen LogP contribution in [0.4, 0.5) is 0 Å². The van der Waals surface area contributed by atoms with Crippen LogP contribution >= 0.6 is 0 Å². The zero-order valence-electron chi connectivity index (χ0n) is 13.9. The van der Waals surface area contributed by atoms with E-state index in [1.54, 1.807) is 36.4 Å². The maximum Gasteiger partial charge on any atom is 0.323 e. The third kappa shape index (κ3) is 2.79. The number of rotatable bonds is 3. The second-order valence-corrected chi connectivity index (χ2v) is 6.18. The third-order valence-corrected chi connectivity index (χ3v) is 4.39. The van der Waals surface area contributed by atoms with Crippen LogP contribution in [0.1, 0.15) is 29.0 Å². The molecule has 0 aliphatic rings. The summed E-state index contributed by atoms with van der Waals surface area (Å²) in [7, 11) is 0. The van der Waals surface area contributed by atoms with Crippen molar-refractivity contribution < 1.29 is 4.79 Å². The number of aromatic amines is 3. The van der Waals surface area contributed by atoms with Crippen molar-refractivity contribution >= 4 is 27.7 Å². The molecule has 26 heavy (non-hydrogen) atoms. The van der Waals surface area contributed by atoms with Crippen LogP contribution in [-0.2, 0) is 0 Å². The summed E-state index contributed by atoms with van der Waals surface area (Å²) in [5, 5.41) is 4.11. The molecular weight excluding hydrogens is 332 g/mol. The van der Waals surface area contributed by atoms with Gasteiger partial charge in [-0.15, -0.1) is 0 Å². The molecule has 7 heteroatoms. The van der Waals surface area contributed by atoms with E-state index < -0.39 is 0 Å². The number of fused-ring (bicyclic) bond motifs is 2. The highest BCUT2D eigenvalue weighted by Crippen LogP contribution is 2.18. The molecule has 4 aromatic rings. The first-order valence-corrected chi connectivity index (χ1v) is 8.16. The Labute approximate surface area is 147 Å². The molecule has 2 aromatic carbocycles. The minimum absolute atomic E-state index is 0.205. The van der Waals surface area contributed by atoms with Gasteiger partial charge in [0.2, 0.25) is 0 Å². The fourth-order valence-corrected chi connectivity index (χ4v) is 3.01. The molecule has 130 valence electrons. The van der Waals surface area contributed by atoms with Crippen LogP contribution in [0.25, 0.3) is 21.8 Å². The average Bonchev–Trinajstić information content (AvgIpc) is 3.00. The van der Waals surface area contributed by atoms with E-state index in [1.165, 1.54) is 0 Å². The lowest BCUT2D eigenvalue weighted by molar-refractivity contribution is 0.0935. The van der Waals surface area contributed by atoms with Gasteiger partial charge in [0.25, 0.3) is 11.5 Å². The highest BCUT2D eigenvalue weighted by molar-refractivity contribution is 5.96. The fourth-order valence-electron chi connectivity index (χ4n) is 3.01. The second-order valence-electron chi connectivity index (χ2n) is 6.18. The number of benzene rings is 2. The van der Waals surface area contributed by atoms with Crippen LogP contribution in [0, 0.1) is 0 Å². The van der Waals surface area contributed by atoms with Gasteiger partial charge in [-0.3, -0.25) is 9.59 Å². The number of amides is 1. The van der Waals surface area contributed by atoms with Gasteiger partial charge in [0, 0.05) is 5.39 Å². The normalized spacial score (nSPS) is 12.3. The van der Waals surface area contributed by atoms with Gasteiger partial charge in [-0.05, 0) is 42.1 Å². The van der Waals surface area contributed by atoms with Crippen molar-refractivity contribution in [3.63, 3.8) is 0 Å². The van der Waals surface area contributed by atoms with E-state index in [1.807, 2.05) is 19.1 Å². The monoisotopic (exact) mass is 348 g/mol. The maximum absolute atomic E-state index is 12.5. The van der Waals surface area contributed by atoms with Gasteiger partial charge in [0.05, 0.1) is 17.1 Å². The van der Waals surface area contributed by atoms with Gasteiger partial charge in [0.1, 0.15) is 5.69 Å². The Morgan fingerprint density at radius 1 is 0.962 bits per heavy atom. The molecular formula is C19H16N4O3. The number of H-pyrrole nitrogens is 3. The van der Waals surface area contributed by atoms with Crippen molar-refractivity contribution in [2.75, 3.05) is 0 Å². The van der Waals surface area contributed by atoms with E-state index in [9.17, 15) is 14.4 Å². The van der Waals surface area contributed by atoms with Crippen LogP contribution in [0.5, 0.6) is 0 Å². The van der Waals surface area contributed by atoms with Gasteiger partial charge in [-0.1, -0.05) is 24.3 Å². The number of imidazole rings is 1. The van der Waals surface area contributed by atoms with Gasteiger partial charge in [-0.2, -0.15) is 0 Å².